The fourth-order valence-electron chi connectivity index (χ4n) is 3.97. The van der Waals surface area contributed by atoms with Gasteiger partial charge in [0.05, 0.1) is 6.10 Å². The number of nitrogens with two attached hydrogens (primary N) is 1. The fourth-order valence-corrected chi connectivity index (χ4v) is 3.97. The number of aryl methyl sites for hydroxylation is 1. The smallest absolute Gasteiger partial charge is 0.0576 e. The van der Waals surface area contributed by atoms with Gasteiger partial charge in [0.2, 0.25) is 0 Å². The van der Waals surface area contributed by atoms with Crippen LogP contribution in [0.2, 0.25) is 0 Å². The number of benzene rings is 1. The van der Waals surface area contributed by atoms with Crippen molar-refractivity contribution < 1.29 is 4.74 Å². The highest BCUT2D eigenvalue weighted by molar-refractivity contribution is 5.32. The normalized spacial score (nSPS) is 26.5. The summed E-state index contributed by atoms with van der Waals surface area (Å²) in [6.07, 6.45) is 10.2. The lowest BCUT2D eigenvalue weighted by atomic mass is 9.79. The lowest BCUT2D eigenvalue weighted by molar-refractivity contribution is 0.0989. The molecule has 0 amide bonds. The number of hydrogen-bond acceptors (Lipinski definition) is 3. The van der Waals surface area contributed by atoms with E-state index in [4.69, 9.17) is 10.6 Å². The second kappa shape index (κ2) is 7.39. The van der Waals surface area contributed by atoms with Crippen molar-refractivity contribution in [2.75, 3.05) is 6.61 Å². The molecule has 2 aliphatic rings. The molecule has 3 rings (SSSR count). The molecule has 1 fully saturated rings. The molecule has 1 aliphatic heterocycles. The van der Waals surface area contributed by atoms with Crippen LogP contribution in [-0.4, -0.2) is 18.8 Å². The van der Waals surface area contributed by atoms with Gasteiger partial charge in [0, 0.05) is 12.6 Å². The van der Waals surface area contributed by atoms with Crippen molar-refractivity contribution in [1.82, 2.24) is 5.43 Å². The van der Waals surface area contributed by atoms with Crippen LogP contribution in [0.25, 0.3) is 0 Å². The summed E-state index contributed by atoms with van der Waals surface area (Å²) in [5.74, 6) is 6.47. The minimum absolute atomic E-state index is 0.408. The average Bonchev–Trinajstić information content (AvgIpc) is 3.05. The van der Waals surface area contributed by atoms with Gasteiger partial charge < -0.3 is 4.74 Å². The Balaban J connectivity index is 1.56. The predicted molar refractivity (Wildman–Crippen MR) is 86.1 cm³/mol. The SMILES string of the molecule is NNC(CCC1CCCO1)CC1CCCc2ccccc21. The van der Waals surface area contributed by atoms with Gasteiger partial charge in [0.15, 0.2) is 0 Å². The topological polar surface area (TPSA) is 47.3 Å². The van der Waals surface area contributed by atoms with Crippen LogP contribution < -0.4 is 11.3 Å². The highest BCUT2D eigenvalue weighted by Gasteiger charge is 2.24. The zero-order chi connectivity index (χ0) is 14.5. The molecule has 0 saturated carbocycles. The van der Waals surface area contributed by atoms with Crippen molar-refractivity contribution in [3.63, 3.8) is 0 Å². The van der Waals surface area contributed by atoms with Crippen molar-refractivity contribution in [2.45, 2.75) is 69.4 Å². The fraction of sp³-hybridized carbons (Fsp3) is 0.667. The van der Waals surface area contributed by atoms with Crippen molar-refractivity contribution in [3.05, 3.63) is 35.4 Å². The molecule has 3 heteroatoms. The van der Waals surface area contributed by atoms with Gasteiger partial charge in [-0.2, -0.15) is 0 Å². The predicted octanol–water partition coefficient (Wildman–Crippen LogP) is 3.29. The van der Waals surface area contributed by atoms with Gasteiger partial charge in [0.1, 0.15) is 0 Å². The highest BCUT2D eigenvalue weighted by atomic mass is 16.5. The van der Waals surface area contributed by atoms with E-state index >= 15 is 0 Å². The molecular weight excluding hydrogens is 260 g/mol. The molecule has 21 heavy (non-hydrogen) atoms. The quantitative estimate of drug-likeness (QED) is 0.624. The second-order valence-electron chi connectivity index (χ2n) is 6.60. The molecule has 3 N–H and O–H groups in total. The van der Waals surface area contributed by atoms with Gasteiger partial charge in [-0.25, -0.2) is 0 Å². The molecule has 1 saturated heterocycles. The Morgan fingerprint density at radius 3 is 2.95 bits per heavy atom. The zero-order valence-electron chi connectivity index (χ0n) is 12.9. The highest BCUT2D eigenvalue weighted by Crippen LogP contribution is 2.35. The van der Waals surface area contributed by atoms with Gasteiger partial charge in [0.25, 0.3) is 0 Å². The number of nitrogens with one attached hydrogen (secondary N) is 1. The number of hydrogen-bond donors (Lipinski definition) is 2. The Morgan fingerprint density at radius 2 is 2.14 bits per heavy atom. The standard InChI is InChI=1S/C18H28N2O/c19-20-16(10-11-17-8-4-12-21-17)13-15-7-3-6-14-5-1-2-9-18(14)15/h1-2,5,9,15-17,20H,3-4,6-8,10-13,19H2. The zero-order valence-corrected chi connectivity index (χ0v) is 12.9. The van der Waals surface area contributed by atoms with Crippen molar-refractivity contribution in [2.24, 2.45) is 5.84 Å². The minimum atomic E-state index is 0.408. The largest absolute Gasteiger partial charge is 0.378 e. The molecule has 0 spiro atoms. The van der Waals surface area contributed by atoms with Crippen LogP contribution in [0.5, 0.6) is 0 Å². The number of rotatable bonds is 6. The lowest BCUT2D eigenvalue weighted by Crippen LogP contribution is -2.37. The van der Waals surface area contributed by atoms with Crippen LogP contribution in [0, 0.1) is 0 Å². The summed E-state index contributed by atoms with van der Waals surface area (Å²) in [6, 6.07) is 9.35. The summed E-state index contributed by atoms with van der Waals surface area (Å²) in [5, 5.41) is 0. The molecule has 0 radical (unpaired) electrons. The van der Waals surface area contributed by atoms with E-state index in [0.717, 1.165) is 25.9 Å². The van der Waals surface area contributed by atoms with E-state index in [2.05, 4.69) is 29.7 Å². The maximum Gasteiger partial charge on any atom is 0.0576 e. The van der Waals surface area contributed by atoms with Gasteiger partial charge >= 0.3 is 0 Å². The third-order valence-electron chi connectivity index (χ3n) is 5.16. The van der Waals surface area contributed by atoms with Gasteiger partial charge in [-0.3, -0.25) is 11.3 Å². The Bertz CT molecular complexity index is 443. The van der Waals surface area contributed by atoms with Crippen molar-refractivity contribution in [1.29, 1.82) is 0 Å². The van der Waals surface area contributed by atoms with Crippen LogP contribution >= 0.6 is 0 Å². The first-order chi connectivity index (χ1) is 10.4. The number of fused-ring (bicyclic) bond motifs is 1. The molecule has 3 atom stereocenters. The molecule has 1 aliphatic carbocycles. The Morgan fingerprint density at radius 1 is 1.24 bits per heavy atom. The first-order valence-electron chi connectivity index (χ1n) is 8.52. The molecule has 3 unspecified atom stereocenters. The van der Waals surface area contributed by atoms with E-state index in [1.165, 1.54) is 32.1 Å². The molecule has 1 heterocycles. The van der Waals surface area contributed by atoms with E-state index in [9.17, 15) is 0 Å². The van der Waals surface area contributed by atoms with E-state index in [1.807, 2.05) is 0 Å². The molecular formula is C18H28N2O. The lowest BCUT2D eigenvalue weighted by Gasteiger charge is -2.29. The summed E-state index contributed by atoms with van der Waals surface area (Å²) in [4.78, 5) is 0. The molecule has 116 valence electrons. The van der Waals surface area contributed by atoms with E-state index in [-0.39, 0.29) is 0 Å². The summed E-state index contributed by atoms with van der Waals surface area (Å²) in [6.45, 7) is 0.946. The molecule has 1 aromatic carbocycles. The number of ether oxygens (including phenoxy) is 1. The third-order valence-corrected chi connectivity index (χ3v) is 5.16. The van der Waals surface area contributed by atoms with Crippen molar-refractivity contribution >= 4 is 0 Å². The second-order valence-corrected chi connectivity index (χ2v) is 6.60. The molecule has 1 aromatic rings. The van der Waals surface area contributed by atoms with Gasteiger partial charge in [-0.1, -0.05) is 24.3 Å². The molecule has 0 aromatic heterocycles. The summed E-state index contributed by atoms with van der Waals surface area (Å²) < 4.78 is 5.73. The monoisotopic (exact) mass is 288 g/mol. The summed E-state index contributed by atoms with van der Waals surface area (Å²) >= 11 is 0. The Kier molecular flexibility index (Phi) is 5.28. The first kappa shape index (κ1) is 15.0. The van der Waals surface area contributed by atoms with Crippen molar-refractivity contribution in [3.8, 4) is 0 Å². The van der Waals surface area contributed by atoms with Crippen LogP contribution in [0.4, 0.5) is 0 Å². The van der Waals surface area contributed by atoms with Crippen LogP contribution in [0.15, 0.2) is 24.3 Å². The maximum atomic E-state index is 5.80. The molecule has 3 nitrogen and oxygen atoms in total. The minimum Gasteiger partial charge on any atom is -0.378 e. The van der Waals surface area contributed by atoms with Crippen LogP contribution in [-0.2, 0) is 11.2 Å². The van der Waals surface area contributed by atoms with E-state index in [1.54, 1.807) is 11.1 Å². The average molecular weight is 288 g/mol. The number of hydrazine groups is 1. The Labute approximate surface area is 128 Å². The van der Waals surface area contributed by atoms with Gasteiger partial charge in [-0.05, 0) is 68.4 Å². The maximum absolute atomic E-state index is 5.80. The van der Waals surface area contributed by atoms with Gasteiger partial charge in [-0.15, -0.1) is 0 Å². The van der Waals surface area contributed by atoms with E-state index < -0.39 is 0 Å². The van der Waals surface area contributed by atoms with E-state index in [0.29, 0.717) is 18.1 Å². The van der Waals surface area contributed by atoms with Crippen LogP contribution in [0.1, 0.15) is 62.0 Å². The van der Waals surface area contributed by atoms with Crippen LogP contribution in [0.3, 0.4) is 0 Å². The first-order valence-corrected chi connectivity index (χ1v) is 8.52. The third kappa shape index (κ3) is 3.85. The summed E-state index contributed by atoms with van der Waals surface area (Å²) in [5.41, 5.74) is 6.15. The summed E-state index contributed by atoms with van der Waals surface area (Å²) in [7, 11) is 0. The molecule has 0 bridgehead atoms. The Hall–Kier alpha value is -0.900.